The van der Waals surface area contributed by atoms with Gasteiger partial charge < -0.3 is 4.90 Å². The van der Waals surface area contributed by atoms with Crippen molar-refractivity contribution in [1.29, 1.82) is 5.26 Å². The molecule has 1 fully saturated rings. The largest absolute Gasteiger partial charge is 0.369 e. The molecule has 0 aliphatic carbocycles. The lowest BCUT2D eigenvalue weighted by molar-refractivity contribution is -0.385. The maximum absolute atomic E-state index is 10.9. The molecule has 22 heavy (non-hydrogen) atoms. The van der Waals surface area contributed by atoms with E-state index in [1.165, 1.54) is 6.07 Å². The molecule has 1 aromatic heterocycles. The molecule has 1 aliphatic rings. The van der Waals surface area contributed by atoms with Gasteiger partial charge in [0.1, 0.15) is 11.6 Å². The van der Waals surface area contributed by atoms with E-state index in [0.717, 1.165) is 31.6 Å². The van der Waals surface area contributed by atoms with Crippen LogP contribution in [0.2, 0.25) is 0 Å². The monoisotopic (exact) mass is 297 g/mol. The summed E-state index contributed by atoms with van der Waals surface area (Å²) in [5, 5.41) is 24.3. The van der Waals surface area contributed by atoms with Crippen LogP contribution in [0, 0.1) is 21.4 Å². The van der Waals surface area contributed by atoms with Crippen LogP contribution in [0.15, 0.2) is 36.7 Å². The summed E-state index contributed by atoms with van der Waals surface area (Å²) in [6.07, 6.45) is 5.78. The summed E-state index contributed by atoms with van der Waals surface area (Å²) in [4.78, 5) is 12.5. The molecule has 3 rings (SSSR count). The van der Waals surface area contributed by atoms with Crippen LogP contribution in [0.1, 0.15) is 24.4 Å². The molecule has 0 radical (unpaired) electrons. The van der Waals surface area contributed by atoms with Crippen LogP contribution in [0.4, 0.5) is 11.4 Å². The third kappa shape index (κ3) is 2.63. The Kier molecular flexibility index (Phi) is 3.74. The molecule has 1 atom stereocenters. The Morgan fingerprint density at radius 3 is 3.00 bits per heavy atom. The smallest absolute Gasteiger partial charge is 0.287 e. The Morgan fingerprint density at radius 1 is 1.45 bits per heavy atom. The lowest BCUT2D eigenvalue weighted by atomic mass is 10.0. The fraction of sp³-hybridized carbons (Fsp3) is 0.333. The van der Waals surface area contributed by atoms with Crippen LogP contribution in [-0.4, -0.2) is 27.8 Å². The van der Waals surface area contributed by atoms with E-state index in [1.807, 2.05) is 23.0 Å². The molecule has 0 saturated carbocycles. The van der Waals surface area contributed by atoms with E-state index in [4.69, 9.17) is 5.26 Å². The number of benzene rings is 1. The standard InChI is InChI=1S/C15H15N5O2/c16-10-12-9-13(4-5-15(12)20(21)22)18-7-1-3-14(11-18)19-8-2-6-17-19/h2,4-6,8-9,14H,1,3,7,11H2/t14-/m0/s1. The highest BCUT2D eigenvalue weighted by atomic mass is 16.6. The van der Waals surface area contributed by atoms with Gasteiger partial charge in [-0.1, -0.05) is 0 Å². The SMILES string of the molecule is N#Cc1cc(N2CCC[C@H](n3cccn3)C2)ccc1[N+](=O)[O-]. The van der Waals surface area contributed by atoms with Crippen LogP contribution in [0.25, 0.3) is 0 Å². The minimum absolute atomic E-state index is 0.101. The summed E-state index contributed by atoms with van der Waals surface area (Å²) in [6.45, 7) is 1.66. The molecule has 0 bridgehead atoms. The first-order valence-corrected chi connectivity index (χ1v) is 7.11. The highest BCUT2D eigenvalue weighted by Gasteiger charge is 2.23. The Labute approximate surface area is 127 Å². The van der Waals surface area contributed by atoms with E-state index in [2.05, 4.69) is 10.00 Å². The molecule has 0 spiro atoms. The van der Waals surface area contributed by atoms with E-state index >= 15 is 0 Å². The van der Waals surface area contributed by atoms with Crippen molar-refractivity contribution in [2.45, 2.75) is 18.9 Å². The number of piperidine rings is 1. The normalized spacial score (nSPS) is 18.0. The Bertz CT molecular complexity index is 720. The maximum Gasteiger partial charge on any atom is 0.287 e. The van der Waals surface area contributed by atoms with Crippen molar-refractivity contribution in [2.24, 2.45) is 0 Å². The molecule has 7 heteroatoms. The van der Waals surface area contributed by atoms with Crippen LogP contribution in [-0.2, 0) is 0 Å². The van der Waals surface area contributed by atoms with E-state index in [0.29, 0.717) is 0 Å². The van der Waals surface area contributed by atoms with Crippen molar-refractivity contribution in [1.82, 2.24) is 9.78 Å². The van der Waals surface area contributed by atoms with Crippen molar-refractivity contribution < 1.29 is 4.92 Å². The Balaban J connectivity index is 1.85. The number of aromatic nitrogens is 2. The van der Waals surface area contributed by atoms with Gasteiger partial charge in [-0.25, -0.2) is 0 Å². The number of nitro benzene ring substituents is 1. The Hall–Kier alpha value is -2.88. The van der Waals surface area contributed by atoms with Gasteiger partial charge in [-0.2, -0.15) is 10.4 Å². The van der Waals surface area contributed by atoms with E-state index in [9.17, 15) is 10.1 Å². The summed E-state index contributed by atoms with van der Waals surface area (Å²) in [5.74, 6) is 0. The average molecular weight is 297 g/mol. The molecule has 0 unspecified atom stereocenters. The number of hydrogen-bond donors (Lipinski definition) is 0. The van der Waals surface area contributed by atoms with E-state index < -0.39 is 4.92 Å². The first-order chi connectivity index (χ1) is 10.7. The first kappa shape index (κ1) is 14.1. The first-order valence-electron chi connectivity index (χ1n) is 7.11. The third-order valence-electron chi connectivity index (χ3n) is 3.96. The maximum atomic E-state index is 10.9. The van der Waals surface area contributed by atoms with Gasteiger partial charge in [-0.05, 0) is 31.0 Å². The van der Waals surface area contributed by atoms with E-state index in [1.54, 1.807) is 18.3 Å². The second kappa shape index (κ2) is 5.85. The molecule has 0 amide bonds. The number of nitrogens with zero attached hydrogens (tertiary/aromatic N) is 5. The summed E-state index contributed by atoms with van der Waals surface area (Å²) < 4.78 is 1.95. The Morgan fingerprint density at radius 2 is 2.32 bits per heavy atom. The topological polar surface area (TPSA) is 88.0 Å². The second-order valence-corrected chi connectivity index (χ2v) is 5.30. The zero-order valence-corrected chi connectivity index (χ0v) is 11.9. The summed E-state index contributed by atoms with van der Waals surface area (Å²) in [7, 11) is 0. The molecule has 2 aromatic rings. The van der Waals surface area contributed by atoms with Crippen molar-refractivity contribution in [3.63, 3.8) is 0 Å². The van der Waals surface area contributed by atoms with Gasteiger partial charge in [0.2, 0.25) is 0 Å². The highest BCUT2D eigenvalue weighted by molar-refractivity contribution is 5.60. The number of nitro groups is 1. The minimum Gasteiger partial charge on any atom is -0.369 e. The van der Waals surface area contributed by atoms with Gasteiger partial charge >= 0.3 is 0 Å². The molecule has 1 saturated heterocycles. The molecular weight excluding hydrogens is 282 g/mol. The molecule has 1 aromatic carbocycles. The summed E-state index contributed by atoms with van der Waals surface area (Å²) in [5.41, 5.74) is 0.801. The van der Waals surface area contributed by atoms with Crippen molar-refractivity contribution in [3.05, 3.63) is 52.3 Å². The lowest BCUT2D eigenvalue weighted by Gasteiger charge is -2.34. The van der Waals surface area contributed by atoms with Gasteiger partial charge in [0, 0.05) is 37.2 Å². The summed E-state index contributed by atoms with van der Waals surface area (Å²) >= 11 is 0. The number of rotatable bonds is 3. The molecule has 112 valence electrons. The summed E-state index contributed by atoms with van der Waals surface area (Å²) in [6, 6.07) is 8.81. The predicted molar refractivity (Wildman–Crippen MR) is 80.5 cm³/mol. The third-order valence-corrected chi connectivity index (χ3v) is 3.96. The second-order valence-electron chi connectivity index (χ2n) is 5.30. The van der Waals surface area contributed by atoms with Gasteiger partial charge in [0.15, 0.2) is 0 Å². The number of nitriles is 1. The zero-order valence-electron chi connectivity index (χ0n) is 11.9. The minimum atomic E-state index is -0.523. The fourth-order valence-electron chi connectivity index (χ4n) is 2.87. The van der Waals surface area contributed by atoms with Gasteiger partial charge in [0.05, 0.1) is 11.0 Å². The predicted octanol–water partition coefficient (Wildman–Crippen LogP) is 2.50. The van der Waals surface area contributed by atoms with Gasteiger partial charge in [-0.15, -0.1) is 0 Å². The van der Waals surface area contributed by atoms with Crippen LogP contribution in [0.5, 0.6) is 0 Å². The molecular formula is C15H15N5O2. The fourth-order valence-corrected chi connectivity index (χ4v) is 2.87. The van der Waals surface area contributed by atoms with Gasteiger partial charge in [0.25, 0.3) is 5.69 Å². The molecule has 1 aliphatic heterocycles. The quantitative estimate of drug-likeness (QED) is 0.641. The molecule has 7 nitrogen and oxygen atoms in total. The highest BCUT2D eigenvalue weighted by Crippen LogP contribution is 2.29. The van der Waals surface area contributed by atoms with Crippen LogP contribution in [0.3, 0.4) is 0 Å². The van der Waals surface area contributed by atoms with Crippen LogP contribution >= 0.6 is 0 Å². The van der Waals surface area contributed by atoms with Crippen molar-refractivity contribution >= 4 is 11.4 Å². The zero-order chi connectivity index (χ0) is 15.5. The van der Waals surface area contributed by atoms with Crippen LogP contribution < -0.4 is 4.90 Å². The lowest BCUT2D eigenvalue weighted by Crippen LogP contribution is -2.36. The van der Waals surface area contributed by atoms with E-state index in [-0.39, 0.29) is 17.3 Å². The number of anilines is 1. The van der Waals surface area contributed by atoms with Gasteiger partial charge in [-0.3, -0.25) is 14.8 Å². The van der Waals surface area contributed by atoms with Crippen molar-refractivity contribution in [2.75, 3.05) is 18.0 Å². The molecule has 0 N–H and O–H groups in total. The van der Waals surface area contributed by atoms with Crippen molar-refractivity contribution in [3.8, 4) is 6.07 Å². The number of hydrogen-bond acceptors (Lipinski definition) is 5. The average Bonchev–Trinajstić information content (AvgIpc) is 3.08. The molecule has 2 heterocycles.